The fourth-order valence-electron chi connectivity index (χ4n) is 8.35. The quantitative estimate of drug-likeness (QED) is 0.135. The zero-order valence-corrected chi connectivity index (χ0v) is 30.8. The van der Waals surface area contributed by atoms with E-state index in [0.29, 0.717) is 52.4 Å². The highest BCUT2D eigenvalue weighted by Gasteiger charge is 2.46. The highest BCUT2D eigenvalue weighted by atomic mass is 32.1. The number of nitrogens with zero attached hydrogens (tertiary/aromatic N) is 6. The molecule has 4 aliphatic heterocycles. The zero-order valence-electron chi connectivity index (χ0n) is 29.9. The SMILES string of the molecule is C#Cc1c(F)ccc2cc(OCOC)cc(Oc3nc4c(N5C[C@H]6CC[C@@H](C5)N6C(=O)OC(C)(C)C)nc(OCC56CCCN5CCC6)nc4s3)c12. The maximum absolute atomic E-state index is 15.0. The summed E-state index contributed by atoms with van der Waals surface area (Å²) in [6.07, 6.45) is 11.7. The molecule has 2 bridgehead atoms. The number of hydrogen-bond donors (Lipinski definition) is 0. The van der Waals surface area contributed by atoms with Gasteiger partial charge in [-0.2, -0.15) is 15.0 Å². The Bertz CT molecular complexity index is 2040. The molecule has 2 atom stereocenters. The number of halogens is 1. The molecule has 1 amide bonds. The van der Waals surface area contributed by atoms with Crippen LogP contribution in [-0.4, -0.2) is 101 Å². The maximum atomic E-state index is 15.0. The van der Waals surface area contributed by atoms with Gasteiger partial charge in [-0.1, -0.05) is 23.3 Å². The van der Waals surface area contributed by atoms with Gasteiger partial charge in [0.25, 0.3) is 5.19 Å². The van der Waals surface area contributed by atoms with E-state index in [2.05, 4.69) is 15.7 Å². The van der Waals surface area contributed by atoms with Gasteiger partial charge in [0, 0.05) is 31.7 Å². The molecular weight excluding hydrogens is 688 g/mol. The van der Waals surface area contributed by atoms with Gasteiger partial charge < -0.3 is 28.6 Å². The van der Waals surface area contributed by atoms with E-state index in [1.54, 1.807) is 18.2 Å². The number of methoxy groups -OCH3 is 1. The van der Waals surface area contributed by atoms with Crippen molar-refractivity contribution in [2.24, 2.45) is 0 Å². The van der Waals surface area contributed by atoms with Crippen molar-refractivity contribution in [3.8, 4) is 35.0 Å². The first-order valence-electron chi connectivity index (χ1n) is 17.9. The predicted octanol–water partition coefficient (Wildman–Crippen LogP) is 6.73. The van der Waals surface area contributed by atoms with Crippen LogP contribution in [0.2, 0.25) is 0 Å². The first kappa shape index (κ1) is 34.6. The van der Waals surface area contributed by atoms with Crippen molar-refractivity contribution >= 4 is 44.4 Å². The standard InChI is InChI=1S/C38H43FN6O6S/c1-6-27-28(39)12-9-23-17-26(49-22-47-5)18-29(30(23)27)50-35-40-31-32(43-19-24-10-11-25(20-43)45(24)36(46)51-37(2,3)4)41-34(42-33(31)52-35)48-21-38-13-7-15-44(38)16-8-14-38/h1,9,12,17-18,24-25H,7-8,10-11,13-16,19-22H2,2-5H3/t24-,25+. The molecule has 0 radical (unpaired) electrons. The van der Waals surface area contributed by atoms with E-state index in [0.717, 1.165) is 51.6 Å². The van der Waals surface area contributed by atoms with Crippen molar-refractivity contribution in [2.45, 2.75) is 82.5 Å². The number of carbonyl (C=O) groups is 1. The minimum Gasteiger partial charge on any atom is -0.467 e. The highest BCUT2D eigenvalue weighted by Crippen LogP contribution is 2.43. The molecular formula is C38H43FN6O6S. The van der Waals surface area contributed by atoms with Crippen LogP contribution in [0.5, 0.6) is 22.7 Å². The van der Waals surface area contributed by atoms with Gasteiger partial charge >= 0.3 is 12.1 Å². The summed E-state index contributed by atoms with van der Waals surface area (Å²) in [5, 5.41) is 1.33. The molecule has 0 saturated carbocycles. The Morgan fingerprint density at radius 2 is 1.83 bits per heavy atom. The van der Waals surface area contributed by atoms with Gasteiger partial charge in [-0.05, 0) is 89.9 Å². The number of carbonyl (C=O) groups excluding carboxylic acids is 1. The number of hydrogen-bond acceptors (Lipinski definition) is 12. The lowest BCUT2D eigenvalue weighted by atomic mass is 9.95. The number of aromatic nitrogens is 3. The van der Waals surface area contributed by atoms with Crippen LogP contribution in [0, 0.1) is 18.2 Å². The number of terminal acetylenes is 1. The van der Waals surface area contributed by atoms with E-state index in [4.69, 9.17) is 45.1 Å². The van der Waals surface area contributed by atoms with E-state index in [-0.39, 0.29) is 53.0 Å². The Kier molecular flexibility index (Phi) is 9.00. The monoisotopic (exact) mass is 730 g/mol. The molecule has 4 aliphatic rings. The number of rotatable bonds is 9. The Morgan fingerprint density at radius 1 is 1.08 bits per heavy atom. The number of thiazole rings is 1. The third-order valence-electron chi connectivity index (χ3n) is 10.6. The van der Waals surface area contributed by atoms with Crippen molar-refractivity contribution in [2.75, 3.05) is 51.6 Å². The van der Waals surface area contributed by atoms with Gasteiger partial charge in [-0.15, -0.1) is 6.42 Å². The summed E-state index contributed by atoms with van der Waals surface area (Å²) in [6, 6.07) is 6.56. The molecule has 0 N–H and O–H groups in total. The Balaban J connectivity index is 1.16. The molecule has 2 aromatic heterocycles. The van der Waals surface area contributed by atoms with Crippen molar-refractivity contribution in [3.05, 3.63) is 35.6 Å². The number of anilines is 1. The van der Waals surface area contributed by atoms with Crippen LogP contribution < -0.4 is 19.1 Å². The van der Waals surface area contributed by atoms with E-state index < -0.39 is 11.4 Å². The predicted molar refractivity (Wildman–Crippen MR) is 195 cm³/mol. The Labute approximate surface area is 306 Å². The van der Waals surface area contributed by atoms with Gasteiger partial charge in [0.2, 0.25) is 0 Å². The smallest absolute Gasteiger partial charge is 0.410 e. The highest BCUT2D eigenvalue weighted by molar-refractivity contribution is 7.19. The number of piperazine rings is 1. The molecule has 52 heavy (non-hydrogen) atoms. The summed E-state index contributed by atoms with van der Waals surface area (Å²) in [4.78, 5) is 35.2. The van der Waals surface area contributed by atoms with E-state index in [1.807, 2.05) is 25.7 Å². The largest absolute Gasteiger partial charge is 0.467 e. The van der Waals surface area contributed by atoms with E-state index in [9.17, 15) is 9.18 Å². The third-order valence-corrected chi connectivity index (χ3v) is 11.4. The van der Waals surface area contributed by atoms with Crippen LogP contribution in [0.25, 0.3) is 21.1 Å². The topological polar surface area (TPSA) is 112 Å². The van der Waals surface area contributed by atoms with E-state index in [1.165, 1.54) is 24.5 Å². The van der Waals surface area contributed by atoms with Gasteiger partial charge in [-0.3, -0.25) is 9.80 Å². The Hall–Kier alpha value is -4.45. The van der Waals surface area contributed by atoms with Gasteiger partial charge in [-0.25, -0.2) is 9.18 Å². The maximum Gasteiger partial charge on any atom is 0.410 e. The summed E-state index contributed by atoms with van der Waals surface area (Å²) < 4.78 is 44.5. The van der Waals surface area contributed by atoms with Crippen LogP contribution in [0.1, 0.15) is 64.9 Å². The molecule has 6 heterocycles. The van der Waals surface area contributed by atoms with Gasteiger partial charge in [0.15, 0.2) is 17.4 Å². The average molecular weight is 731 g/mol. The summed E-state index contributed by atoms with van der Waals surface area (Å²) in [7, 11) is 1.53. The summed E-state index contributed by atoms with van der Waals surface area (Å²) >= 11 is 1.24. The molecule has 8 rings (SSSR count). The van der Waals surface area contributed by atoms with E-state index >= 15 is 0 Å². The van der Waals surface area contributed by atoms with Crippen LogP contribution in [0.15, 0.2) is 24.3 Å². The molecule has 4 aromatic rings. The zero-order chi connectivity index (χ0) is 36.2. The second-order valence-electron chi connectivity index (χ2n) is 15.1. The van der Waals surface area contributed by atoms with Crippen molar-refractivity contribution in [1.29, 1.82) is 0 Å². The molecule has 4 saturated heterocycles. The molecule has 14 heteroatoms. The third kappa shape index (κ3) is 6.43. The lowest BCUT2D eigenvalue weighted by Gasteiger charge is -2.41. The lowest BCUT2D eigenvalue weighted by molar-refractivity contribution is 0.0122. The average Bonchev–Trinajstić information content (AvgIpc) is 3.86. The molecule has 0 unspecified atom stereocenters. The molecule has 12 nitrogen and oxygen atoms in total. The summed E-state index contributed by atoms with van der Waals surface area (Å²) in [5.41, 5.74) is 0.0586. The molecule has 274 valence electrons. The summed E-state index contributed by atoms with van der Waals surface area (Å²) in [5.74, 6) is 3.31. The normalized spacial score (nSPS) is 21.1. The number of ether oxygens (including phenoxy) is 5. The van der Waals surface area contributed by atoms with Crippen LogP contribution in [0.4, 0.5) is 15.0 Å². The first-order chi connectivity index (χ1) is 25.0. The lowest BCUT2D eigenvalue weighted by Crippen LogP contribution is -2.57. The summed E-state index contributed by atoms with van der Waals surface area (Å²) in [6.45, 7) is 9.47. The minimum absolute atomic E-state index is 0.0131. The van der Waals surface area contributed by atoms with Crippen LogP contribution in [-0.2, 0) is 9.47 Å². The van der Waals surface area contributed by atoms with Gasteiger partial charge in [0.05, 0.1) is 23.2 Å². The number of fused-ring (bicyclic) bond motifs is 5. The Morgan fingerprint density at radius 3 is 2.52 bits per heavy atom. The number of amides is 1. The van der Waals surface area contributed by atoms with Crippen LogP contribution >= 0.6 is 11.3 Å². The number of benzene rings is 2. The van der Waals surface area contributed by atoms with Crippen molar-refractivity contribution in [3.63, 3.8) is 0 Å². The minimum atomic E-state index is -0.586. The fourth-order valence-corrected chi connectivity index (χ4v) is 9.14. The second-order valence-corrected chi connectivity index (χ2v) is 16.0. The van der Waals surface area contributed by atoms with Gasteiger partial charge in [0.1, 0.15) is 35.0 Å². The van der Waals surface area contributed by atoms with Crippen molar-refractivity contribution in [1.82, 2.24) is 24.8 Å². The molecule has 0 spiro atoms. The second kappa shape index (κ2) is 13.5. The molecule has 2 aromatic carbocycles. The van der Waals surface area contributed by atoms with Crippen LogP contribution in [0.3, 0.4) is 0 Å². The molecule has 4 fully saturated rings. The molecule has 0 aliphatic carbocycles. The first-order valence-corrected chi connectivity index (χ1v) is 18.7. The van der Waals surface area contributed by atoms with Crippen molar-refractivity contribution < 1.29 is 32.9 Å². The fraction of sp³-hybridized carbons (Fsp3) is 0.526.